The van der Waals surface area contributed by atoms with Gasteiger partial charge >= 0.3 is 0 Å². The van der Waals surface area contributed by atoms with Gasteiger partial charge in [0.2, 0.25) is 0 Å². The van der Waals surface area contributed by atoms with Gasteiger partial charge in [0.25, 0.3) is 5.91 Å². The van der Waals surface area contributed by atoms with E-state index in [1.54, 1.807) is 6.92 Å². The minimum absolute atomic E-state index is 0.126. The number of aryl methyl sites for hydroxylation is 3. The van der Waals surface area contributed by atoms with E-state index in [4.69, 9.17) is 0 Å². The molecular weight excluding hydrogens is 268 g/mol. The van der Waals surface area contributed by atoms with Crippen molar-refractivity contribution in [1.29, 1.82) is 0 Å². The van der Waals surface area contributed by atoms with Crippen LogP contribution in [-0.2, 0) is 6.54 Å². The summed E-state index contributed by atoms with van der Waals surface area (Å²) in [5, 5.41) is 7.18. The smallest absolute Gasteiger partial charge is 0.257 e. The molecule has 6 heteroatoms. The molecule has 0 bridgehead atoms. The van der Waals surface area contributed by atoms with Crippen LogP contribution in [0.4, 0.5) is 0 Å². The Balaban J connectivity index is 2.05. The van der Waals surface area contributed by atoms with Crippen LogP contribution in [0.2, 0.25) is 0 Å². The maximum Gasteiger partial charge on any atom is 0.257 e. The van der Waals surface area contributed by atoms with Crippen LogP contribution in [0.15, 0.2) is 23.1 Å². The number of H-pyrrole nitrogens is 1. The molecule has 2 aromatic rings. The van der Waals surface area contributed by atoms with E-state index in [1.807, 2.05) is 31.5 Å². The van der Waals surface area contributed by atoms with Crippen molar-refractivity contribution < 1.29 is 4.79 Å². The topological polar surface area (TPSA) is 79.8 Å². The van der Waals surface area contributed by atoms with Gasteiger partial charge in [-0.3, -0.25) is 14.3 Å². The molecule has 0 aromatic carbocycles. The molecule has 0 radical (unpaired) electrons. The summed E-state index contributed by atoms with van der Waals surface area (Å²) in [7, 11) is 0. The first-order chi connectivity index (χ1) is 9.86. The molecule has 0 spiro atoms. The van der Waals surface area contributed by atoms with E-state index >= 15 is 0 Å². The highest BCUT2D eigenvalue weighted by molar-refractivity contribution is 5.93. The minimum atomic E-state index is -0.370. The second-order valence-electron chi connectivity index (χ2n) is 5.38. The van der Waals surface area contributed by atoms with Crippen molar-refractivity contribution in [2.75, 3.05) is 0 Å². The standard InChI is InChI=1S/C15H20N4O2/c1-9-6-14(20)13(7-16-9)15(21)17-11(3)8-19-12(4)5-10(2)18-19/h5-7,11H,8H2,1-4H3,(H,16,20)(H,17,21). The van der Waals surface area contributed by atoms with Gasteiger partial charge in [0.1, 0.15) is 5.56 Å². The lowest BCUT2D eigenvalue weighted by Crippen LogP contribution is -2.38. The number of nitrogens with zero attached hydrogens (tertiary/aromatic N) is 2. The molecular formula is C15H20N4O2. The third kappa shape index (κ3) is 3.59. The van der Waals surface area contributed by atoms with Gasteiger partial charge in [0.05, 0.1) is 12.2 Å². The third-order valence-electron chi connectivity index (χ3n) is 3.23. The lowest BCUT2D eigenvalue weighted by atomic mass is 10.2. The number of carbonyl (C=O) groups is 1. The molecule has 6 nitrogen and oxygen atoms in total. The van der Waals surface area contributed by atoms with Gasteiger partial charge in [0.15, 0.2) is 5.43 Å². The summed E-state index contributed by atoms with van der Waals surface area (Å²) in [6.45, 7) is 8.12. The first-order valence-corrected chi connectivity index (χ1v) is 6.88. The summed E-state index contributed by atoms with van der Waals surface area (Å²) in [4.78, 5) is 26.8. The monoisotopic (exact) mass is 288 g/mol. The number of carbonyl (C=O) groups excluding carboxylic acids is 1. The van der Waals surface area contributed by atoms with Gasteiger partial charge in [-0.25, -0.2) is 0 Å². The fraction of sp³-hybridized carbons (Fsp3) is 0.400. The van der Waals surface area contributed by atoms with Crippen molar-refractivity contribution in [1.82, 2.24) is 20.1 Å². The summed E-state index contributed by atoms with van der Waals surface area (Å²) in [5.74, 6) is -0.370. The van der Waals surface area contributed by atoms with Gasteiger partial charge in [0, 0.05) is 29.7 Å². The van der Waals surface area contributed by atoms with E-state index in [1.165, 1.54) is 12.3 Å². The summed E-state index contributed by atoms with van der Waals surface area (Å²) in [5.41, 5.74) is 2.57. The van der Waals surface area contributed by atoms with Crippen LogP contribution in [0.3, 0.4) is 0 Å². The van der Waals surface area contributed by atoms with E-state index in [2.05, 4.69) is 15.4 Å². The zero-order chi connectivity index (χ0) is 15.6. The molecule has 2 heterocycles. The van der Waals surface area contributed by atoms with E-state index in [9.17, 15) is 9.59 Å². The number of aromatic nitrogens is 3. The Bertz CT molecular complexity index is 715. The first-order valence-electron chi connectivity index (χ1n) is 6.88. The molecule has 1 amide bonds. The second kappa shape index (κ2) is 5.95. The third-order valence-corrected chi connectivity index (χ3v) is 3.23. The van der Waals surface area contributed by atoms with Crippen LogP contribution >= 0.6 is 0 Å². The minimum Gasteiger partial charge on any atom is -0.364 e. The van der Waals surface area contributed by atoms with E-state index in [0.29, 0.717) is 6.54 Å². The SMILES string of the molecule is Cc1cc(C)n(CC(C)NC(=O)c2c[nH]c(C)cc2=O)n1. The maximum absolute atomic E-state index is 12.1. The summed E-state index contributed by atoms with van der Waals surface area (Å²) in [6.07, 6.45) is 1.45. The summed E-state index contributed by atoms with van der Waals surface area (Å²) in [6, 6.07) is 3.27. The molecule has 2 rings (SSSR count). The van der Waals surface area contributed by atoms with Crippen molar-refractivity contribution in [3.8, 4) is 0 Å². The molecule has 0 aliphatic rings. The van der Waals surface area contributed by atoms with Crippen LogP contribution in [0.25, 0.3) is 0 Å². The molecule has 0 saturated heterocycles. The zero-order valence-corrected chi connectivity index (χ0v) is 12.7. The number of aromatic amines is 1. The fourth-order valence-corrected chi connectivity index (χ4v) is 2.22. The first kappa shape index (κ1) is 15.0. The number of pyridine rings is 1. The molecule has 1 unspecified atom stereocenters. The lowest BCUT2D eigenvalue weighted by molar-refractivity contribution is 0.0934. The van der Waals surface area contributed by atoms with Gasteiger partial charge in [-0.05, 0) is 33.8 Å². The maximum atomic E-state index is 12.1. The van der Waals surface area contributed by atoms with E-state index in [-0.39, 0.29) is 22.9 Å². The number of hydrogen-bond acceptors (Lipinski definition) is 3. The van der Waals surface area contributed by atoms with Crippen molar-refractivity contribution in [3.63, 3.8) is 0 Å². The predicted octanol–water partition coefficient (Wildman–Crippen LogP) is 1.32. The van der Waals surface area contributed by atoms with E-state index in [0.717, 1.165) is 17.1 Å². The Hall–Kier alpha value is -2.37. The second-order valence-corrected chi connectivity index (χ2v) is 5.38. The fourth-order valence-electron chi connectivity index (χ4n) is 2.22. The van der Waals surface area contributed by atoms with Gasteiger partial charge < -0.3 is 10.3 Å². The molecule has 0 fully saturated rings. The lowest BCUT2D eigenvalue weighted by Gasteiger charge is -2.15. The average Bonchev–Trinajstić information content (AvgIpc) is 2.67. The molecule has 2 aromatic heterocycles. The normalized spacial score (nSPS) is 12.2. The molecule has 2 N–H and O–H groups in total. The Labute approximate surface area is 123 Å². The quantitative estimate of drug-likeness (QED) is 0.890. The Morgan fingerprint density at radius 1 is 1.38 bits per heavy atom. The van der Waals surface area contributed by atoms with Crippen LogP contribution in [-0.4, -0.2) is 26.7 Å². The van der Waals surface area contributed by atoms with Crippen LogP contribution in [0.1, 0.15) is 34.4 Å². The number of nitrogens with one attached hydrogen (secondary N) is 2. The Kier molecular flexibility index (Phi) is 4.26. The van der Waals surface area contributed by atoms with Crippen LogP contribution < -0.4 is 10.7 Å². The van der Waals surface area contributed by atoms with Gasteiger partial charge in [-0.1, -0.05) is 0 Å². The Morgan fingerprint density at radius 2 is 2.10 bits per heavy atom. The highest BCUT2D eigenvalue weighted by Gasteiger charge is 2.14. The molecule has 21 heavy (non-hydrogen) atoms. The highest BCUT2D eigenvalue weighted by atomic mass is 16.2. The van der Waals surface area contributed by atoms with Gasteiger partial charge in [-0.2, -0.15) is 5.10 Å². The van der Waals surface area contributed by atoms with Gasteiger partial charge in [-0.15, -0.1) is 0 Å². The molecule has 112 valence electrons. The summed E-state index contributed by atoms with van der Waals surface area (Å²) >= 11 is 0. The largest absolute Gasteiger partial charge is 0.364 e. The zero-order valence-electron chi connectivity index (χ0n) is 12.7. The van der Waals surface area contributed by atoms with E-state index < -0.39 is 0 Å². The Morgan fingerprint density at radius 3 is 2.67 bits per heavy atom. The predicted molar refractivity (Wildman–Crippen MR) is 80.4 cm³/mol. The number of amides is 1. The van der Waals surface area contributed by atoms with Crippen LogP contribution in [0, 0.1) is 20.8 Å². The molecule has 1 atom stereocenters. The van der Waals surface area contributed by atoms with Crippen molar-refractivity contribution in [2.24, 2.45) is 0 Å². The summed E-state index contributed by atoms with van der Waals surface area (Å²) < 4.78 is 1.85. The molecule has 0 saturated carbocycles. The van der Waals surface area contributed by atoms with Crippen LogP contribution in [0.5, 0.6) is 0 Å². The average molecular weight is 288 g/mol. The number of rotatable bonds is 4. The van der Waals surface area contributed by atoms with Crippen molar-refractivity contribution >= 4 is 5.91 Å². The number of hydrogen-bond donors (Lipinski definition) is 2. The van der Waals surface area contributed by atoms with Crippen molar-refractivity contribution in [2.45, 2.75) is 40.3 Å². The highest BCUT2D eigenvalue weighted by Crippen LogP contribution is 2.03. The van der Waals surface area contributed by atoms with Crippen molar-refractivity contribution in [3.05, 3.63) is 51.2 Å². The molecule has 0 aliphatic carbocycles. The molecule has 0 aliphatic heterocycles.